The van der Waals surface area contributed by atoms with Crippen molar-refractivity contribution in [3.05, 3.63) is 0 Å². The molecule has 72 valence electrons. The molecule has 0 aromatic rings. The Morgan fingerprint density at radius 1 is 1.85 bits per heavy atom. The van der Waals surface area contributed by atoms with Gasteiger partial charge in [-0.25, -0.2) is 0 Å². The lowest BCUT2D eigenvalue weighted by Crippen LogP contribution is -2.33. The predicted octanol–water partition coefficient (Wildman–Crippen LogP) is -0.0131. The average molecular weight is 182 g/mol. The van der Waals surface area contributed by atoms with Crippen LogP contribution in [0.25, 0.3) is 0 Å². The number of hydrogen-bond donors (Lipinski definition) is 1. The zero-order chi connectivity index (χ0) is 9.84. The molecule has 0 aromatic heterocycles. The standard InChI is InChI=1S/C9H14N2O2/c1-7(4-10)9(13)11-3-2-8(5-11)6-12/h7-8,12H,2-3,5-6H2,1H3. The maximum absolute atomic E-state index is 11.5. The Hall–Kier alpha value is -1.08. The van der Waals surface area contributed by atoms with Gasteiger partial charge in [0.05, 0.1) is 6.07 Å². The molecule has 0 spiro atoms. The van der Waals surface area contributed by atoms with Crippen LogP contribution in [0.3, 0.4) is 0 Å². The van der Waals surface area contributed by atoms with Gasteiger partial charge in [-0.15, -0.1) is 0 Å². The Morgan fingerprint density at radius 2 is 2.54 bits per heavy atom. The van der Waals surface area contributed by atoms with Crippen molar-refractivity contribution in [3.8, 4) is 6.07 Å². The summed E-state index contributed by atoms with van der Waals surface area (Å²) < 4.78 is 0. The highest BCUT2D eigenvalue weighted by Gasteiger charge is 2.28. The van der Waals surface area contributed by atoms with E-state index in [1.165, 1.54) is 0 Å². The second kappa shape index (κ2) is 4.24. The molecule has 0 aromatic carbocycles. The fourth-order valence-electron chi connectivity index (χ4n) is 1.51. The number of nitriles is 1. The Bertz CT molecular complexity index is 234. The monoisotopic (exact) mass is 182 g/mol. The van der Waals surface area contributed by atoms with Crippen LogP contribution in [0.5, 0.6) is 0 Å². The first-order valence-electron chi connectivity index (χ1n) is 4.48. The van der Waals surface area contributed by atoms with Crippen LogP contribution >= 0.6 is 0 Å². The Balaban J connectivity index is 2.47. The van der Waals surface area contributed by atoms with Gasteiger partial charge >= 0.3 is 0 Å². The molecule has 4 heteroatoms. The minimum atomic E-state index is -0.558. The maximum Gasteiger partial charge on any atom is 0.239 e. The van der Waals surface area contributed by atoms with Gasteiger partial charge in [-0.1, -0.05) is 0 Å². The second-order valence-electron chi connectivity index (χ2n) is 3.47. The molecule has 0 radical (unpaired) electrons. The van der Waals surface area contributed by atoms with E-state index in [9.17, 15) is 4.79 Å². The second-order valence-corrected chi connectivity index (χ2v) is 3.47. The van der Waals surface area contributed by atoms with Crippen molar-refractivity contribution in [2.45, 2.75) is 13.3 Å². The molecule has 1 aliphatic rings. The van der Waals surface area contributed by atoms with Gasteiger partial charge in [0.25, 0.3) is 0 Å². The first-order valence-corrected chi connectivity index (χ1v) is 4.48. The van der Waals surface area contributed by atoms with Crippen LogP contribution in [0.2, 0.25) is 0 Å². The minimum Gasteiger partial charge on any atom is -0.396 e. The maximum atomic E-state index is 11.5. The largest absolute Gasteiger partial charge is 0.396 e. The molecule has 1 fully saturated rings. The first kappa shape index (κ1) is 10.0. The summed E-state index contributed by atoms with van der Waals surface area (Å²) in [6, 6.07) is 1.92. The lowest BCUT2D eigenvalue weighted by Gasteiger charge is -2.16. The van der Waals surface area contributed by atoms with Crippen molar-refractivity contribution >= 4 is 5.91 Å². The zero-order valence-corrected chi connectivity index (χ0v) is 7.73. The molecule has 2 atom stereocenters. The fraction of sp³-hybridized carbons (Fsp3) is 0.778. The number of aliphatic hydroxyl groups is 1. The third-order valence-corrected chi connectivity index (χ3v) is 2.42. The zero-order valence-electron chi connectivity index (χ0n) is 7.73. The molecule has 1 amide bonds. The van der Waals surface area contributed by atoms with Gasteiger partial charge in [-0.05, 0) is 13.3 Å². The lowest BCUT2D eigenvalue weighted by molar-refractivity contribution is -0.132. The van der Waals surface area contributed by atoms with Crippen LogP contribution in [0.1, 0.15) is 13.3 Å². The van der Waals surface area contributed by atoms with E-state index in [1.54, 1.807) is 11.8 Å². The van der Waals surface area contributed by atoms with Crippen molar-refractivity contribution in [2.24, 2.45) is 11.8 Å². The van der Waals surface area contributed by atoms with Crippen LogP contribution in [0, 0.1) is 23.2 Å². The van der Waals surface area contributed by atoms with Crippen molar-refractivity contribution < 1.29 is 9.90 Å². The van der Waals surface area contributed by atoms with Gasteiger partial charge in [-0.3, -0.25) is 4.79 Å². The Kier molecular flexibility index (Phi) is 3.26. The number of aliphatic hydroxyl groups excluding tert-OH is 1. The van der Waals surface area contributed by atoms with Gasteiger partial charge in [0.1, 0.15) is 5.92 Å². The normalized spacial score (nSPS) is 24.1. The van der Waals surface area contributed by atoms with Gasteiger partial charge in [0.15, 0.2) is 0 Å². The quantitative estimate of drug-likeness (QED) is 0.653. The highest BCUT2D eigenvalue weighted by Crippen LogP contribution is 2.17. The molecular weight excluding hydrogens is 168 g/mol. The van der Waals surface area contributed by atoms with Crippen LogP contribution in [-0.4, -0.2) is 35.6 Å². The van der Waals surface area contributed by atoms with Crippen LogP contribution in [0.15, 0.2) is 0 Å². The molecule has 1 heterocycles. The van der Waals surface area contributed by atoms with Gasteiger partial charge in [0, 0.05) is 25.6 Å². The van der Waals surface area contributed by atoms with Gasteiger partial charge in [-0.2, -0.15) is 5.26 Å². The van der Waals surface area contributed by atoms with E-state index >= 15 is 0 Å². The third kappa shape index (κ3) is 2.19. The summed E-state index contributed by atoms with van der Waals surface area (Å²) in [6.45, 7) is 3.01. The molecule has 0 bridgehead atoms. The summed E-state index contributed by atoms with van der Waals surface area (Å²) in [5, 5.41) is 17.4. The lowest BCUT2D eigenvalue weighted by atomic mass is 10.1. The van der Waals surface area contributed by atoms with Gasteiger partial charge < -0.3 is 10.0 Å². The Labute approximate surface area is 77.8 Å². The number of hydrogen-bond acceptors (Lipinski definition) is 3. The molecule has 1 rings (SSSR count). The van der Waals surface area contributed by atoms with Crippen LogP contribution in [0.4, 0.5) is 0 Å². The highest BCUT2D eigenvalue weighted by atomic mass is 16.3. The molecule has 1 N–H and O–H groups in total. The van der Waals surface area contributed by atoms with Crippen LogP contribution in [-0.2, 0) is 4.79 Å². The van der Waals surface area contributed by atoms with Crippen molar-refractivity contribution in [2.75, 3.05) is 19.7 Å². The molecule has 0 saturated carbocycles. The molecule has 4 nitrogen and oxygen atoms in total. The predicted molar refractivity (Wildman–Crippen MR) is 46.5 cm³/mol. The summed E-state index contributed by atoms with van der Waals surface area (Å²) >= 11 is 0. The van der Waals surface area contributed by atoms with Gasteiger partial charge in [0.2, 0.25) is 5.91 Å². The van der Waals surface area contributed by atoms with E-state index in [0.717, 1.165) is 6.42 Å². The highest BCUT2D eigenvalue weighted by molar-refractivity contribution is 5.81. The molecule has 1 saturated heterocycles. The summed E-state index contributed by atoms with van der Waals surface area (Å²) in [5.74, 6) is -0.467. The Morgan fingerprint density at radius 3 is 3.00 bits per heavy atom. The number of nitrogens with zero attached hydrogens (tertiary/aromatic N) is 2. The fourth-order valence-corrected chi connectivity index (χ4v) is 1.51. The van der Waals surface area contributed by atoms with E-state index in [1.807, 2.05) is 6.07 Å². The first-order chi connectivity index (χ1) is 6.19. The van der Waals surface area contributed by atoms with Crippen molar-refractivity contribution in [1.29, 1.82) is 5.26 Å². The van der Waals surface area contributed by atoms with Crippen molar-refractivity contribution in [3.63, 3.8) is 0 Å². The SMILES string of the molecule is CC(C#N)C(=O)N1CCC(CO)C1. The number of likely N-dealkylation sites (tertiary alicyclic amines) is 1. The summed E-state index contributed by atoms with van der Waals surface area (Å²) in [6.07, 6.45) is 0.848. The van der Waals surface area contributed by atoms with E-state index in [4.69, 9.17) is 10.4 Å². The summed E-state index contributed by atoms with van der Waals surface area (Å²) in [5.41, 5.74) is 0. The van der Waals surface area contributed by atoms with E-state index in [2.05, 4.69) is 0 Å². The minimum absolute atomic E-state index is 0.113. The molecule has 13 heavy (non-hydrogen) atoms. The average Bonchev–Trinajstić information content (AvgIpc) is 2.63. The molecule has 2 unspecified atom stereocenters. The smallest absolute Gasteiger partial charge is 0.239 e. The summed E-state index contributed by atoms with van der Waals surface area (Å²) in [7, 11) is 0. The van der Waals surface area contributed by atoms with E-state index in [-0.39, 0.29) is 18.4 Å². The van der Waals surface area contributed by atoms with E-state index in [0.29, 0.717) is 13.1 Å². The topological polar surface area (TPSA) is 64.3 Å². The number of rotatable bonds is 2. The number of carbonyl (C=O) groups is 1. The number of amides is 1. The van der Waals surface area contributed by atoms with Crippen LogP contribution < -0.4 is 0 Å². The molecule has 1 aliphatic heterocycles. The molecular formula is C9H14N2O2. The van der Waals surface area contributed by atoms with E-state index < -0.39 is 5.92 Å². The van der Waals surface area contributed by atoms with Crippen molar-refractivity contribution in [1.82, 2.24) is 4.90 Å². The number of carbonyl (C=O) groups excluding carboxylic acids is 1. The molecule has 0 aliphatic carbocycles. The summed E-state index contributed by atoms with van der Waals surface area (Å²) in [4.78, 5) is 13.1. The third-order valence-electron chi connectivity index (χ3n) is 2.42.